The molecule has 2 unspecified atom stereocenters. The summed E-state index contributed by atoms with van der Waals surface area (Å²) in [4.78, 5) is 27.8. The van der Waals surface area contributed by atoms with Gasteiger partial charge >= 0.3 is 5.97 Å². The van der Waals surface area contributed by atoms with Crippen LogP contribution in [0.3, 0.4) is 0 Å². The molecule has 0 aromatic heterocycles. The zero-order valence-electron chi connectivity index (χ0n) is 10.9. The fourth-order valence-corrected chi connectivity index (χ4v) is 3.13. The first kappa shape index (κ1) is 12.6. The largest absolute Gasteiger partial charge is 0.481 e. The van der Waals surface area contributed by atoms with E-state index in [0.29, 0.717) is 13.1 Å². The number of carbonyl (C=O) groups excluding carboxylic acids is 1. The first-order valence-corrected chi connectivity index (χ1v) is 6.62. The number of ether oxygens (including phenoxy) is 1. The Kier molecular flexibility index (Phi) is 3.06. The van der Waals surface area contributed by atoms with E-state index >= 15 is 0 Å². The Morgan fingerprint density at radius 2 is 1.68 bits per heavy atom. The quantitative estimate of drug-likeness (QED) is 0.677. The number of rotatable bonds is 2. The van der Waals surface area contributed by atoms with E-state index in [1.807, 2.05) is 13.1 Å². The molecule has 19 heavy (non-hydrogen) atoms. The van der Waals surface area contributed by atoms with Crippen molar-refractivity contribution in [3.05, 3.63) is 12.2 Å². The Labute approximate surface area is 111 Å². The Hall–Kier alpha value is -1.40. The molecule has 1 N–H and O–H groups in total. The molecule has 0 saturated carbocycles. The van der Waals surface area contributed by atoms with Crippen LogP contribution in [0.5, 0.6) is 0 Å². The van der Waals surface area contributed by atoms with Crippen molar-refractivity contribution in [2.75, 3.05) is 33.2 Å². The summed E-state index contributed by atoms with van der Waals surface area (Å²) in [7, 11) is 2.02. The van der Waals surface area contributed by atoms with Crippen LogP contribution in [-0.4, -0.2) is 72.2 Å². The fraction of sp³-hybridized carbons (Fsp3) is 0.692. The highest BCUT2D eigenvalue weighted by Gasteiger charge is 2.54. The van der Waals surface area contributed by atoms with Crippen molar-refractivity contribution in [3.8, 4) is 0 Å². The molecular weight excluding hydrogens is 248 g/mol. The SMILES string of the molecule is CN1CCN(C(=O)C2C(C(=O)O)[C@H]3C=C[C@H]2O3)CC1. The maximum atomic E-state index is 12.5. The average molecular weight is 266 g/mol. The lowest BCUT2D eigenvalue weighted by Crippen LogP contribution is -2.52. The molecular formula is C13H18N2O4. The average Bonchev–Trinajstić information content (AvgIpc) is 2.98. The highest BCUT2D eigenvalue weighted by molar-refractivity contribution is 5.87. The van der Waals surface area contributed by atoms with Gasteiger partial charge in [0.05, 0.1) is 18.1 Å². The molecule has 2 bridgehead atoms. The van der Waals surface area contributed by atoms with Gasteiger partial charge in [0.1, 0.15) is 5.92 Å². The first-order valence-electron chi connectivity index (χ1n) is 6.62. The molecule has 0 aliphatic carbocycles. The zero-order valence-corrected chi connectivity index (χ0v) is 10.9. The van der Waals surface area contributed by atoms with Gasteiger partial charge in [0.25, 0.3) is 0 Å². The van der Waals surface area contributed by atoms with E-state index < -0.39 is 23.9 Å². The second-order valence-electron chi connectivity index (χ2n) is 5.47. The van der Waals surface area contributed by atoms with E-state index in [-0.39, 0.29) is 12.0 Å². The van der Waals surface area contributed by atoms with Crippen LogP contribution in [0.15, 0.2) is 12.2 Å². The predicted octanol–water partition coefficient (Wildman–Crippen LogP) is -0.585. The van der Waals surface area contributed by atoms with Gasteiger partial charge in [-0.1, -0.05) is 12.2 Å². The molecule has 0 radical (unpaired) electrons. The number of carboxylic acid groups (broad SMARTS) is 1. The van der Waals surface area contributed by atoms with Crippen molar-refractivity contribution in [3.63, 3.8) is 0 Å². The van der Waals surface area contributed by atoms with Crippen LogP contribution in [0.4, 0.5) is 0 Å². The van der Waals surface area contributed by atoms with Gasteiger partial charge in [-0.3, -0.25) is 9.59 Å². The summed E-state index contributed by atoms with van der Waals surface area (Å²) < 4.78 is 5.54. The maximum absolute atomic E-state index is 12.5. The van der Waals surface area contributed by atoms with Gasteiger partial charge in [0, 0.05) is 26.2 Å². The van der Waals surface area contributed by atoms with Crippen LogP contribution >= 0.6 is 0 Å². The normalized spacial score (nSPS) is 37.8. The van der Waals surface area contributed by atoms with Crippen LogP contribution < -0.4 is 0 Å². The molecule has 104 valence electrons. The lowest BCUT2D eigenvalue weighted by atomic mass is 9.82. The van der Waals surface area contributed by atoms with E-state index in [0.717, 1.165) is 13.1 Å². The molecule has 6 nitrogen and oxygen atoms in total. The summed E-state index contributed by atoms with van der Waals surface area (Å²) in [6, 6.07) is 0. The second-order valence-corrected chi connectivity index (χ2v) is 5.47. The van der Waals surface area contributed by atoms with Gasteiger partial charge in [0.15, 0.2) is 0 Å². The van der Waals surface area contributed by atoms with Crippen LogP contribution in [0.1, 0.15) is 0 Å². The van der Waals surface area contributed by atoms with Crippen LogP contribution in [0.25, 0.3) is 0 Å². The summed E-state index contributed by atoms with van der Waals surface area (Å²) in [5, 5.41) is 9.30. The third-order valence-corrected chi connectivity index (χ3v) is 4.28. The minimum absolute atomic E-state index is 0.0719. The third kappa shape index (κ3) is 2.04. The second kappa shape index (κ2) is 4.61. The molecule has 3 rings (SSSR count). The Bertz CT molecular complexity index is 428. The molecule has 0 spiro atoms. The van der Waals surface area contributed by atoms with E-state index in [4.69, 9.17) is 4.74 Å². The maximum Gasteiger partial charge on any atom is 0.310 e. The smallest absolute Gasteiger partial charge is 0.310 e. The number of hydrogen-bond donors (Lipinski definition) is 1. The molecule has 0 aromatic carbocycles. The first-order chi connectivity index (χ1) is 9.08. The highest BCUT2D eigenvalue weighted by Crippen LogP contribution is 2.40. The van der Waals surface area contributed by atoms with E-state index in [9.17, 15) is 14.7 Å². The standard InChI is InChI=1S/C13H18N2O4/c1-14-4-6-15(7-5-14)12(16)10-8-2-3-9(19-8)11(10)13(17)18/h2-3,8-11H,4-7H2,1H3,(H,17,18)/t8-,9-,10?,11?/m1/s1. The third-order valence-electron chi connectivity index (χ3n) is 4.28. The lowest BCUT2D eigenvalue weighted by Gasteiger charge is -2.35. The van der Waals surface area contributed by atoms with Crippen LogP contribution in [0.2, 0.25) is 0 Å². The number of piperazine rings is 1. The summed E-state index contributed by atoms with van der Waals surface area (Å²) in [5.41, 5.74) is 0. The van der Waals surface area contributed by atoms with Crippen molar-refractivity contribution in [2.24, 2.45) is 11.8 Å². The topological polar surface area (TPSA) is 70.1 Å². The number of fused-ring (bicyclic) bond motifs is 2. The van der Waals surface area contributed by atoms with Crippen molar-refractivity contribution in [1.82, 2.24) is 9.80 Å². The van der Waals surface area contributed by atoms with Crippen LogP contribution in [0, 0.1) is 11.8 Å². The zero-order chi connectivity index (χ0) is 13.6. The molecule has 3 aliphatic heterocycles. The summed E-state index contributed by atoms with van der Waals surface area (Å²) in [5.74, 6) is -2.31. The monoisotopic (exact) mass is 266 g/mol. The fourth-order valence-electron chi connectivity index (χ4n) is 3.13. The van der Waals surface area contributed by atoms with Gasteiger partial charge in [-0.05, 0) is 7.05 Å². The van der Waals surface area contributed by atoms with Crippen molar-refractivity contribution in [1.29, 1.82) is 0 Å². The number of likely N-dealkylation sites (N-methyl/N-ethyl adjacent to an activating group) is 1. The molecule has 3 aliphatic rings. The Morgan fingerprint density at radius 3 is 2.26 bits per heavy atom. The van der Waals surface area contributed by atoms with E-state index in [1.54, 1.807) is 11.0 Å². The van der Waals surface area contributed by atoms with Gasteiger partial charge < -0.3 is 19.6 Å². The highest BCUT2D eigenvalue weighted by atomic mass is 16.5. The minimum atomic E-state index is -0.940. The van der Waals surface area contributed by atoms with Crippen molar-refractivity contribution >= 4 is 11.9 Å². The predicted molar refractivity (Wildman–Crippen MR) is 66.5 cm³/mol. The molecule has 1 amide bonds. The van der Waals surface area contributed by atoms with Gasteiger partial charge in [0.2, 0.25) is 5.91 Å². The number of carbonyl (C=O) groups is 2. The van der Waals surface area contributed by atoms with Gasteiger partial charge in [-0.2, -0.15) is 0 Å². The molecule has 6 heteroatoms. The Morgan fingerprint density at radius 1 is 1.11 bits per heavy atom. The number of aliphatic carboxylic acids is 1. The Balaban J connectivity index is 1.75. The van der Waals surface area contributed by atoms with Gasteiger partial charge in [-0.15, -0.1) is 0 Å². The van der Waals surface area contributed by atoms with Crippen molar-refractivity contribution < 1.29 is 19.4 Å². The molecule has 0 aromatic rings. The molecule has 4 atom stereocenters. The number of nitrogens with zero attached hydrogens (tertiary/aromatic N) is 2. The number of amides is 1. The number of hydrogen-bond acceptors (Lipinski definition) is 4. The molecule has 2 saturated heterocycles. The van der Waals surface area contributed by atoms with E-state index in [2.05, 4.69) is 4.90 Å². The molecule has 2 fully saturated rings. The number of carboxylic acids is 1. The lowest BCUT2D eigenvalue weighted by molar-refractivity contribution is -0.150. The summed E-state index contributed by atoms with van der Waals surface area (Å²) in [6.07, 6.45) is 2.78. The molecule has 3 heterocycles. The summed E-state index contributed by atoms with van der Waals surface area (Å²) >= 11 is 0. The van der Waals surface area contributed by atoms with Crippen LogP contribution in [-0.2, 0) is 14.3 Å². The summed E-state index contributed by atoms with van der Waals surface area (Å²) in [6.45, 7) is 3.00. The minimum Gasteiger partial charge on any atom is -0.481 e. The van der Waals surface area contributed by atoms with E-state index in [1.165, 1.54) is 0 Å². The van der Waals surface area contributed by atoms with Gasteiger partial charge in [-0.25, -0.2) is 0 Å². The van der Waals surface area contributed by atoms with Crippen molar-refractivity contribution in [2.45, 2.75) is 12.2 Å².